The van der Waals surface area contributed by atoms with E-state index >= 15 is 0 Å². The monoisotopic (exact) mass is 427 g/mol. The number of methoxy groups -OCH3 is 2. The number of hydrogen-bond donors (Lipinski definition) is 2. The second-order valence-electron chi connectivity index (χ2n) is 9.07. The summed E-state index contributed by atoms with van der Waals surface area (Å²) in [6, 6.07) is 3.30. The minimum Gasteiger partial charge on any atom is -0.493 e. The van der Waals surface area contributed by atoms with E-state index < -0.39 is 5.41 Å². The van der Waals surface area contributed by atoms with Gasteiger partial charge < -0.3 is 25.4 Å². The van der Waals surface area contributed by atoms with E-state index in [-0.39, 0.29) is 35.7 Å². The summed E-state index contributed by atoms with van der Waals surface area (Å²) >= 11 is 0. The molecule has 1 atom stereocenters. The van der Waals surface area contributed by atoms with E-state index in [1.165, 1.54) is 14.2 Å². The van der Waals surface area contributed by atoms with Gasteiger partial charge in [0.2, 0.25) is 5.91 Å². The van der Waals surface area contributed by atoms with E-state index in [1.807, 2.05) is 20.8 Å². The molecule has 164 valence electrons. The lowest BCUT2D eigenvalue weighted by molar-refractivity contribution is -0.123. The fourth-order valence-electron chi connectivity index (χ4n) is 3.19. The van der Waals surface area contributed by atoms with Crippen LogP contribution >= 0.6 is 12.4 Å². The molecule has 1 unspecified atom stereocenters. The van der Waals surface area contributed by atoms with Gasteiger partial charge in [0.1, 0.15) is 0 Å². The number of rotatable bonds is 4. The molecule has 0 saturated carbocycles. The van der Waals surface area contributed by atoms with Crippen LogP contribution < -0.4 is 20.5 Å². The maximum absolute atomic E-state index is 13.4. The lowest BCUT2D eigenvalue weighted by Crippen LogP contribution is -2.54. The molecule has 0 aliphatic carbocycles. The number of nitrogens with zero attached hydrogens (tertiary/aromatic N) is 1. The van der Waals surface area contributed by atoms with Crippen LogP contribution in [0, 0.1) is 10.8 Å². The van der Waals surface area contributed by atoms with E-state index in [4.69, 9.17) is 15.2 Å². The van der Waals surface area contributed by atoms with Crippen molar-refractivity contribution in [2.45, 2.75) is 47.1 Å². The van der Waals surface area contributed by atoms with Gasteiger partial charge in [-0.15, -0.1) is 12.4 Å². The zero-order chi connectivity index (χ0) is 21.3. The normalized spacial score (nSPS) is 18.5. The molecule has 2 amide bonds. The highest BCUT2D eigenvalue weighted by molar-refractivity contribution is 6.05. The highest BCUT2D eigenvalue weighted by Crippen LogP contribution is 2.36. The Hall–Kier alpha value is -1.99. The minimum atomic E-state index is -0.604. The summed E-state index contributed by atoms with van der Waals surface area (Å²) in [5.74, 6) is 0.539. The molecule has 7 nitrogen and oxygen atoms in total. The summed E-state index contributed by atoms with van der Waals surface area (Å²) in [6.07, 6.45) is 0.732. The number of benzene rings is 1. The first-order chi connectivity index (χ1) is 12.9. The average molecular weight is 428 g/mol. The van der Waals surface area contributed by atoms with Gasteiger partial charge in [-0.3, -0.25) is 9.59 Å². The molecule has 1 aromatic carbocycles. The number of halogens is 1. The second kappa shape index (κ2) is 9.22. The molecule has 0 bridgehead atoms. The Balaban J connectivity index is 0.00000420. The third-order valence-corrected chi connectivity index (χ3v) is 5.28. The number of hydrogen-bond acceptors (Lipinski definition) is 5. The third-order valence-electron chi connectivity index (χ3n) is 5.28. The number of amides is 2. The zero-order valence-electron chi connectivity index (χ0n) is 18.4. The van der Waals surface area contributed by atoms with E-state index in [0.29, 0.717) is 35.8 Å². The summed E-state index contributed by atoms with van der Waals surface area (Å²) in [7, 11) is 3.03. The number of likely N-dealkylation sites (tertiary alicyclic amines) is 1. The van der Waals surface area contributed by atoms with Crippen molar-refractivity contribution >= 4 is 29.9 Å². The number of piperidine rings is 1. The molecule has 29 heavy (non-hydrogen) atoms. The summed E-state index contributed by atoms with van der Waals surface area (Å²) in [6.45, 7) is 10.7. The fraction of sp³-hybridized carbons (Fsp3) is 0.619. The topological polar surface area (TPSA) is 93.9 Å². The second-order valence-corrected chi connectivity index (χ2v) is 9.07. The van der Waals surface area contributed by atoms with Gasteiger partial charge in [0.05, 0.1) is 25.5 Å². The average Bonchev–Trinajstić information content (AvgIpc) is 2.62. The summed E-state index contributed by atoms with van der Waals surface area (Å²) in [5, 5.41) is 2.88. The Morgan fingerprint density at radius 3 is 2.21 bits per heavy atom. The molecule has 1 aliphatic heterocycles. The maximum Gasteiger partial charge on any atom is 0.256 e. The number of ether oxygens (including phenoxy) is 2. The van der Waals surface area contributed by atoms with Crippen LogP contribution in [-0.2, 0) is 4.79 Å². The molecule has 1 fully saturated rings. The van der Waals surface area contributed by atoms with Gasteiger partial charge in [-0.2, -0.15) is 0 Å². The van der Waals surface area contributed by atoms with Crippen LogP contribution in [-0.4, -0.2) is 50.1 Å². The molecule has 2 rings (SSSR count). The Labute approximate surface area is 179 Å². The smallest absolute Gasteiger partial charge is 0.256 e. The first kappa shape index (κ1) is 25.0. The van der Waals surface area contributed by atoms with Crippen LogP contribution in [0.2, 0.25) is 0 Å². The van der Waals surface area contributed by atoms with Crippen LogP contribution in [0.5, 0.6) is 11.5 Å². The predicted molar refractivity (Wildman–Crippen MR) is 117 cm³/mol. The van der Waals surface area contributed by atoms with E-state index in [0.717, 1.165) is 6.42 Å². The highest BCUT2D eigenvalue weighted by Gasteiger charge is 2.36. The lowest BCUT2D eigenvalue weighted by atomic mass is 9.79. The zero-order valence-corrected chi connectivity index (χ0v) is 19.2. The molecule has 1 aromatic rings. The first-order valence-corrected chi connectivity index (χ1v) is 9.53. The Morgan fingerprint density at radius 1 is 1.17 bits per heavy atom. The number of anilines is 1. The molecule has 1 saturated heterocycles. The third kappa shape index (κ3) is 5.54. The summed E-state index contributed by atoms with van der Waals surface area (Å²) in [4.78, 5) is 27.7. The molecule has 3 N–H and O–H groups in total. The largest absolute Gasteiger partial charge is 0.493 e. The number of nitrogens with one attached hydrogen (secondary N) is 1. The van der Waals surface area contributed by atoms with Crippen LogP contribution in [0.25, 0.3) is 0 Å². The Morgan fingerprint density at radius 2 is 1.72 bits per heavy atom. The molecule has 0 spiro atoms. The molecular formula is C21H34ClN3O4. The SMILES string of the molecule is COc1cc(NC(=O)C(C)(C)C)c(C(=O)N2CCC(N)C(C)(C)C2)cc1OC.Cl. The van der Waals surface area contributed by atoms with Crippen molar-refractivity contribution in [3.8, 4) is 11.5 Å². The van der Waals surface area contributed by atoms with Gasteiger partial charge in [-0.05, 0) is 17.9 Å². The van der Waals surface area contributed by atoms with E-state index in [1.54, 1.807) is 17.0 Å². The summed E-state index contributed by atoms with van der Waals surface area (Å²) < 4.78 is 10.7. The van der Waals surface area contributed by atoms with Crippen molar-refractivity contribution < 1.29 is 19.1 Å². The molecule has 8 heteroatoms. The summed E-state index contributed by atoms with van der Waals surface area (Å²) in [5.41, 5.74) is 6.21. The number of carbonyl (C=O) groups excluding carboxylic acids is 2. The molecular weight excluding hydrogens is 394 g/mol. The standard InChI is InChI=1S/C21H33N3O4.ClH/c1-20(2,3)19(26)23-14-11-16(28-7)15(27-6)10-13(14)18(25)24-9-8-17(22)21(4,5)12-24;/h10-11,17H,8-9,12,22H2,1-7H3,(H,23,26);1H. The fourth-order valence-corrected chi connectivity index (χ4v) is 3.19. The van der Waals surface area contributed by atoms with Gasteiger partial charge in [-0.25, -0.2) is 0 Å². The van der Waals surface area contributed by atoms with Gasteiger partial charge >= 0.3 is 0 Å². The molecule has 0 aromatic heterocycles. The van der Waals surface area contributed by atoms with Gasteiger partial charge in [-0.1, -0.05) is 34.6 Å². The highest BCUT2D eigenvalue weighted by atomic mass is 35.5. The van der Waals surface area contributed by atoms with Crippen molar-refractivity contribution in [3.05, 3.63) is 17.7 Å². The quantitative estimate of drug-likeness (QED) is 0.768. The predicted octanol–water partition coefficient (Wildman–Crippen LogP) is 3.31. The van der Waals surface area contributed by atoms with E-state index in [2.05, 4.69) is 19.2 Å². The molecule has 1 aliphatic rings. The van der Waals surface area contributed by atoms with Crippen molar-refractivity contribution in [3.63, 3.8) is 0 Å². The van der Waals surface area contributed by atoms with Crippen molar-refractivity contribution in [2.75, 3.05) is 32.6 Å². The number of nitrogens with two attached hydrogens (primary N) is 1. The Bertz CT molecular complexity index is 759. The van der Waals surface area contributed by atoms with E-state index in [9.17, 15) is 9.59 Å². The van der Waals surface area contributed by atoms with Crippen molar-refractivity contribution in [1.82, 2.24) is 4.90 Å². The van der Waals surface area contributed by atoms with Gasteiger partial charge in [0.25, 0.3) is 5.91 Å². The number of carbonyl (C=O) groups is 2. The van der Waals surface area contributed by atoms with Crippen LogP contribution in [0.3, 0.4) is 0 Å². The molecule has 0 radical (unpaired) electrons. The maximum atomic E-state index is 13.4. The first-order valence-electron chi connectivity index (χ1n) is 9.53. The lowest BCUT2D eigenvalue weighted by Gasteiger charge is -2.42. The van der Waals surface area contributed by atoms with Crippen LogP contribution in [0.1, 0.15) is 51.4 Å². The van der Waals surface area contributed by atoms with Crippen molar-refractivity contribution in [1.29, 1.82) is 0 Å². The van der Waals surface area contributed by atoms with Gasteiger partial charge in [0.15, 0.2) is 11.5 Å². The van der Waals surface area contributed by atoms with Gasteiger partial charge in [0, 0.05) is 30.6 Å². The van der Waals surface area contributed by atoms with Crippen LogP contribution in [0.15, 0.2) is 12.1 Å². The van der Waals surface area contributed by atoms with Crippen LogP contribution in [0.4, 0.5) is 5.69 Å². The van der Waals surface area contributed by atoms with Crippen molar-refractivity contribution in [2.24, 2.45) is 16.6 Å². The minimum absolute atomic E-state index is 0. The molecule has 1 heterocycles. The Kier molecular flexibility index (Phi) is 7.96.